The fourth-order valence-corrected chi connectivity index (χ4v) is 2.01. The van der Waals surface area contributed by atoms with Crippen LogP contribution in [0.25, 0.3) is 0 Å². The van der Waals surface area contributed by atoms with Gasteiger partial charge in [0.05, 0.1) is 26.0 Å². The number of hydrogen-bond donors (Lipinski definition) is 1. The molecule has 0 atom stereocenters. The Morgan fingerprint density at radius 3 is 2.67 bits per heavy atom. The maximum atomic E-state index is 5.58. The monoisotopic (exact) mass is 252 g/mol. The zero-order valence-corrected chi connectivity index (χ0v) is 11.7. The zero-order valence-electron chi connectivity index (χ0n) is 11.7. The van der Waals surface area contributed by atoms with Gasteiger partial charge in [0.1, 0.15) is 5.76 Å². The molecular formula is C14H24N2O2. The van der Waals surface area contributed by atoms with E-state index >= 15 is 0 Å². The van der Waals surface area contributed by atoms with Gasteiger partial charge in [-0.1, -0.05) is 0 Å². The molecule has 1 saturated heterocycles. The Kier molecular flexibility index (Phi) is 4.43. The highest BCUT2D eigenvalue weighted by atomic mass is 16.5. The molecule has 0 radical (unpaired) electrons. The van der Waals surface area contributed by atoms with Crippen LogP contribution in [-0.4, -0.2) is 36.7 Å². The average molecular weight is 252 g/mol. The first kappa shape index (κ1) is 13.6. The van der Waals surface area contributed by atoms with Gasteiger partial charge in [-0.25, -0.2) is 0 Å². The first-order valence-electron chi connectivity index (χ1n) is 6.65. The van der Waals surface area contributed by atoms with Crippen LogP contribution in [0.15, 0.2) is 16.7 Å². The van der Waals surface area contributed by atoms with E-state index < -0.39 is 0 Å². The van der Waals surface area contributed by atoms with Crippen molar-refractivity contribution in [1.82, 2.24) is 10.2 Å². The summed E-state index contributed by atoms with van der Waals surface area (Å²) < 4.78 is 10.9. The minimum absolute atomic E-state index is 0.114. The summed E-state index contributed by atoms with van der Waals surface area (Å²) in [6.45, 7) is 11.9. The Morgan fingerprint density at radius 2 is 2.00 bits per heavy atom. The molecule has 4 nitrogen and oxygen atoms in total. The highest BCUT2D eigenvalue weighted by molar-refractivity contribution is 5.17. The van der Waals surface area contributed by atoms with Gasteiger partial charge in [0, 0.05) is 30.7 Å². The van der Waals surface area contributed by atoms with Crippen molar-refractivity contribution < 1.29 is 9.15 Å². The van der Waals surface area contributed by atoms with Gasteiger partial charge in [-0.05, 0) is 26.8 Å². The van der Waals surface area contributed by atoms with Crippen LogP contribution in [0.5, 0.6) is 0 Å². The molecule has 0 amide bonds. The quantitative estimate of drug-likeness (QED) is 0.889. The third kappa shape index (κ3) is 4.12. The van der Waals surface area contributed by atoms with Crippen molar-refractivity contribution in [3.8, 4) is 0 Å². The molecule has 0 spiro atoms. The van der Waals surface area contributed by atoms with E-state index in [1.807, 2.05) is 0 Å². The standard InChI is InChI=1S/C14H24N2O2/c1-14(2,3)15-10-13-12(4-7-18-13)11-16-5-8-17-9-6-16/h4,7,15H,5-6,8-11H2,1-3H3. The molecule has 1 N–H and O–H groups in total. The van der Waals surface area contributed by atoms with Gasteiger partial charge in [0.25, 0.3) is 0 Å². The highest BCUT2D eigenvalue weighted by Crippen LogP contribution is 2.15. The van der Waals surface area contributed by atoms with Crippen LogP contribution >= 0.6 is 0 Å². The molecule has 102 valence electrons. The van der Waals surface area contributed by atoms with E-state index in [1.165, 1.54) is 5.56 Å². The maximum absolute atomic E-state index is 5.58. The first-order valence-corrected chi connectivity index (χ1v) is 6.65. The van der Waals surface area contributed by atoms with Crippen molar-refractivity contribution in [2.75, 3.05) is 26.3 Å². The second kappa shape index (κ2) is 5.87. The molecule has 0 aromatic carbocycles. The lowest BCUT2D eigenvalue weighted by Crippen LogP contribution is -2.37. The molecule has 1 aromatic rings. The summed E-state index contributed by atoms with van der Waals surface area (Å²) >= 11 is 0. The van der Waals surface area contributed by atoms with Crippen molar-refractivity contribution in [1.29, 1.82) is 0 Å². The van der Waals surface area contributed by atoms with E-state index in [0.717, 1.165) is 45.2 Å². The molecule has 0 aliphatic carbocycles. The third-order valence-corrected chi connectivity index (χ3v) is 3.11. The number of nitrogens with one attached hydrogen (secondary N) is 1. The topological polar surface area (TPSA) is 37.6 Å². The highest BCUT2D eigenvalue weighted by Gasteiger charge is 2.16. The number of ether oxygens (including phenoxy) is 1. The predicted octanol–water partition coefficient (Wildman–Crippen LogP) is 2.00. The minimum Gasteiger partial charge on any atom is -0.468 e. The summed E-state index contributed by atoms with van der Waals surface area (Å²) in [6, 6.07) is 2.08. The Labute approximate surface area is 109 Å². The normalized spacial score (nSPS) is 18.2. The third-order valence-electron chi connectivity index (χ3n) is 3.11. The number of morpholine rings is 1. The maximum Gasteiger partial charge on any atom is 0.122 e. The predicted molar refractivity (Wildman–Crippen MR) is 71.4 cm³/mol. The summed E-state index contributed by atoms with van der Waals surface area (Å²) in [6.07, 6.45) is 1.79. The Bertz CT molecular complexity index is 362. The molecule has 2 rings (SSSR count). The number of hydrogen-bond acceptors (Lipinski definition) is 4. The molecule has 1 fully saturated rings. The molecular weight excluding hydrogens is 228 g/mol. The van der Waals surface area contributed by atoms with E-state index in [-0.39, 0.29) is 5.54 Å². The molecule has 0 saturated carbocycles. The second-order valence-corrected chi connectivity index (χ2v) is 5.86. The Hall–Kier alpha value is -0.840. The lowest BCUT2D eigenvalue weighted by molar-refractivity contribution is 0.0339. The van der Waals surface area contributed by atoms with Crippen LogP contribution in [0, 0.1) is 0 Å². The van der Waals surface area contributed by atoms with Crippen LogP contribution in [0.4, 0.5) is 0 Å². The molecule has 1 aliphatic rings. The summed E-state index contributed by atoms with van der Waals surface area (Å²) in [5.74, 6) is 1.05. The molecule has 1 aromatic heterocycles. The van der Waals surface area contributed by atoms with Crippen molar-refractivity contribution in [3.63, 3.8) is 0 Å². The number of nitrogens with zero attached hydrogens (tertiary/aromatic N) is 1. The van der Waals surface area contributed by atoms with Gasteiger partial charge < -0.3 is 14.5 Å². The molecule has 2 heterocycles. The number of furan rings is 1. The Morgan fingerprint density at radius 1 is 1.28 bits per heavy atom. The van der Waals surface area contributed by atoms with Gasteiger partial charge >= 0.3 is 0 Å². The molecule has 4 heteroatoms. The van der Waals surface area contributed by atoms with Gasteiger partial charge in [-0.15, -0.1) is 0 Å². The molecule has 0 bridgehead atoms. The van der Waals surface area contributed by atoms with E-state index in [2.05, 4.69) is 37.1 Å². The lowest BCUT2D eigenvalue weighted by Gasteiger charge is -2.26. The molecule has 0 unspecified atom stereocenters. The van der Waals surface area contributed by atoms with Gasteiger partial charge in [0.2, 0.25) is 0 Å². The lowest BCUT2D eigenvalue weighted by atomic mass is 10.1. The van der Waals surface area contributed by atoms with Crippen molar-refractivity contribution >= 4 is 0 Å². The summed E-state index contributed by atoms with van der Waals surface area (Å²) in [4.78, 5) is 2.41. The summed E-state index contributed by atoms with van der Waals surface area (Å²) in [5, 5.41) is 3.46. The van der Waals surface area contributed by atoms with Crippen LogP contribution < -0.4 is 5.32 Å². The van der Waals surface area contributed by atoms with Crippen LogP contribution in [0.2, 0.25) is 0 Å². The average Bonchev–Trinajstić information content (AvgIpc) is 2.74. The number of rotatable bonds is 4. The minimum atomic E-state index is 0.114. The summed E-state index contributed by atoms with van der Waals surface area (Å²) in [7, 11) is 0. The molecule has 1 aliphatic heterocycles. The van der Waals surface area contributed by atoms with Gasteiger partial charge in [0.15, 0.2) is 0 Å². The van der Waals surface area contributed by atoms with E-state index in [9.17, 15) is 0 Å². The molecule has 18 heavy (non-hydrogen) atoms. The van der Waals surface area contributed by atoms with Gasteiger partial charge in [-0.2, -0.15) is 0 Å². The van der Waals surface area contributed by atoms with E-state index in [4.69, 9.17) is 9.15 Å². The first-order chi connectivity index (χ1) is 8.54. The van der Waals surface area contributed by atoms with E-state index in [0.29, 0.717) is 0 Å². The Balaban J connectivity index is 1.90. The van der Waals surface area contributed by atoms with Crippen molar-refractivity contribution in [3.05, 3.63) is 23.7 Å². The van der Waals surface area contributed by atoms with Gasteiger partial charge in [-0.3, -0.25) is 4.90 Å². The van der Waals surface area contributed by atoms with E-state index in [1.54, 1.807) is 6.26 Å². The van der Waals surface area contributed by atoms with Crippen LogP contribution in [0.1, 0.15) is 32.1 Å². The SMILES string of the molecule is CC(C)(C)NCc1occc1CN1CCOCC1. The van der Waals surface area contributed by atoms with Crippen molar-refractivity contribution in [2.24, 2.45) is 0 Å². The largest absolute Gasteiger partial charge is 0.468 e. The zero-order chi connectivity index (χ0) is 13.0. The van der Waals surface area contributed by atoms with Crippen molar-refractivity contribution in [2.45, 2.75) is 39.4 Å². The summed E-state index contributed by atoms with van der Waals surface area (Å²) in [5.41, 5.74) is 1.40. The fourth-order valence-electron chi connectivity index (χ4n) is 2.01. The smallest absolute Gasteiger partial charge is 0.122 e. The van der Waals surface area contributed by atoms with Crippen LogP contribution in [-0.2, 0) is 17.8 Å². The van der Waals surface area contributed by atoms with Crippen LogP contribution in [0.3, 0.4) is 0 Å². The fraction of sp³-hybridized carbons (Fsp3) is 0.714. The second-order valence-electron chi connectivity index (χ2n) is 5.86.